The fourth-order valence-electron chi connectivity index (χ4n) is 3.64. The van der Waals surface area contributed by atoms with E-state index in [4.69, 9.17) is 4.52 Å². The van der Waals surface area contributed by atoms with Gasteiger partial charge in [0, 0.05) is 49.3 Å². The molecular formula is C21H31BrIN5O. The van der Waals surface area contributed by atoms with Crippen molar-refractivity contribution in [2.75, 3.05) is 26.7 Å². The lowest BCUT2D eigenvalue weighted by molar-refractivity contribution is 0.198. The number of piperidine rings is 1. The van der Waals surface area contributed by atoms with Gasteiger partial charge in [0.05, 0.1) is 5.69 Å². The molecular weight excluding hydrogens is 545 g/mol. The number of hydrogen-bond donors (Lipinski definition) is 2. The molecule has 0 aliphatic carbocycles. The molecule has 3 rings (SSSR count). The second-order valence-electron chi connectivity index (χ2n) is 7.37. The number of nitrogens with zero attached hydrogens (tertiary/aromatic N) is 3. The maximum atomic E-state index is 5.23. The Balaban J connectivity index is 0.00000300. The molecule has 0 atom stereocenters. The zero-order valence-electron chi connectivity index (χ0n) is 17.4. The highest BCUT2D eigenvalue weighted by Gasteiger charge is 2.20. The molecule has 1 saturated heterocycles. The average molecular weight is 576 g/mol. The van der Waals surface area contributed by atoms with Crippen LogP contribution >= 0.6 is 39.9 Å². The normalized spacial score (nSPS) is 15.8. The Morgan fingerprint density at radius 1 is 1.24 bits per heavy atom. The Morgan fingerprint density at radius 2 is 1.93 bits per heavy atom. The highest BCUT2D eigenvalue weighted by molar-refractivity contribution is 14.0. The number of halogens is 2. The quantitative estimate of drug-likeness (QED) is 0.309. The van der Waals surface area contributed by atoms with Gasteiger partial charge < -0.3 is 15.2 Å². The molecule has 8 heteroatoms. The van der Waals surface area contributed by atoms with Crippen LogP contribution in [0.4, 0.5) is 0 Å². The Morgan fingerprint density at radius 3 is 2.52 bits per heavy atom. The van der Waals surface area contributed by atoms with Crippen LogP contribution in [0, 0.1) is 13.8 Å². The van der Waals surface area contributed by atoms with Crippen LogP contribution < -0.4 is 10.6 Å². The Hall–Kier alpha value is -1.13. The standard InChI is InChI=1S/C21H30BrN5O.HI/c1-15-20(16(2)28-26-15)8-11-24-21(23-3)25-19-9-12-27(13-10-19)14-17-4-6-18(22)7-5-17;/h4-7,19H,8-14H2,1-3H3,(H2,23,24,25);1H. The third-order valence-electron chi connectivity index (χ3n) is 5.32. The van der Waals surface area contributed by atoms with Crippen LogP contribution in [0.3, 0.4) is 0 Å². The smallest absolute Gasteiger partial charge is 0.191 e. The molecule has 0 amide bonds. The van der Waals surface area contributed by atoms with Gasteiger partial charge >= 0.3 is 0 Å². The SMILES string of the molecule is CN=C(NCCc1c(C)noc1C)NC1CCN(Cc2ccc(Br)cc2)CC1.I. The molecule has 0 unspecified atom stereocenters. The van der Waals surface area contributed by atoms with Crippen molar-refractivity contribution < 1.29 is 4.52 Å². The predicted octanol–water partition coefficient (Wildman–Crippen LogP) is 4.04. The largest absolute Gasteiger partial charge is 0.361 e. The molecule has 0 radical (unpaired) electrons. The minimum atomic E-state index is 0. The van der Waals surface area contributed by atoms with Gasteiger partial charge in [-0.25, -0.2) is 0 Å². The number of benzene rings is 1. The number of rotatable bonds is 6. The van der Waals surface area contributed by atoms with Crippen LogP contribution in [0.1, 0.15) is 35.4 Å². The number of likely N-dealkylation sites (tertiary alicyclic amines) is 1. The molecule has 29 heavy (non-hydrogen) atoms. The van der Waals surface area contributed by atoms with Gasteiger partial charge in [0.25, 0.3) is 0 Å². The summed E-state index contributed by atoms with van der Waals surface area (Å²) >= 11 is 3.50. The number of hydrogen-bond acceptors (Lipinski definition) is 4. The van der Waals surface area contributed by atoms with Crippen molar-refractivity contribution in [3.63, 3.8) is 0 Å². The molecule has 1 fully saturated rings. The fourth-order valence-corrected chi connectivity index (χ4v) is 3.90. The third kappa shape index (κ3) is 7.25. The number of aromatic nitrogens is 1. The Labute approximate surface area is 199 Å². The summed E-state index contributed by atoms with van der Waals surface area (Å²) in [4.78, 5) is 6.90. The summed E-state index contributed by atoms with van der Waals surface area (Å²) in [5, 5.41) is 11.0. The van der Waals surface area contributed by atoms with Crippen LogP contribution in [0.2, 0.25) is 0 Å². The van der Waals surface area contributed by atoms with E-state index in [1.54, 1.807) is 0 Å². The van der Waals surface area contributed by atoms with Gasteiger partial charge in [-0.3, -0.25) is 9.89 Å². The number of aryl methyl sites for hydroxylation is 2. The van der Waals surface area contributed by atoms with Crippen molar-refractivity contribution in [2.45, 2.75) is 45.7 Å². The Kier molecular flexibility index (Phi) is 9.91. The highest BCUT2D eigenvalue weighted by atomic mass is 127. The van der Waals surface area contributed by atoms with Gasteiger partial charge in [0.15, 0.2) is 5.96 Å². The van der Waals surface area contributed by atoms with Gasteiger partial charge in [-0.05, 0) is 50.8 Å². The van der Waals surface area contributed by atoms with Crippen LogP contribution in [0.15, 0.2) is 38.3 Å². The van der Waals surface area contributed by atoms with Gasteiger partial charge in [-0.1, -0.05) is 33.2 Å². The van der Waals surface area contributed by atoms with Crippen molar-refractivity contribution in [3.05, 3.63) is 51.3 Å². The molecule has 1 aliphatic rings. The minimum absolute atomic E-state index is 0. The van der Waals surface area contributed by atoms with E-state index in [0.717, 1.165) is 67.3 Å². The average Bonchev–Trinajstić information content (AvgIpc) is 3.02. The fraction of sp³-hybridized carbons (Fsp3) is 0.524. The molecule has 6 nitrogen and oxygen atoms in total. The van der Waals surface area contributed by atoms with Crippen molar-refractivity contribution in [1.82, 2.24) is 20.7 Å². The summed E-state index contributed by atoms with van der Waals surface area (Å²) in [6, 6.07) is 9.08. The van der Waals surface area contributed by atoms with Crippen molar-refractivity contribution in [1.29, 1.82) is 0 Å². The molecule has 2 aromatic rings. The minimum Gasteiger partial charge on any atom is -0.361 e. The van der Waals surface area contributed by atoms with E-state index in [1.807, 2.05) is 20.9 Å². The maximum absolute atomic E-state index is 5.23. The highest BCUT2D eigenvalue weighted by Crippen LogP contribution is 2.16. The molecule has 160 valence electrons. The van der Waals surface area contributed by atoms with Crippen LogP contribution in [0.5, 0.6) is 0 Å². The van der Waals surface area contributed by atoms with Crippen molar-refractivity contribution in [3.8, 4) is 0 Å². The molecule has 0 bridgehead atoms. The van der Waals surface area contributed by atoms with E-state index < -0.39 is 0 Å². The summed E-state index contributed by atoms with van der Waals surface area (Å²) < 4.78 is 6.36. The molecule has 1 aromatic carbocycles. The first-order valence-electron chi connectivity index (χ1n) is 9.91. The molecule has 2 N–H and O–H groups in total. The zero-order valence-corrected chi connectivity index (χ0v) is 21.3. The Bertz CT molecular complexity index is 765. The van der Waals surface area contributed by atoms with Gasteiger partial charge in [-0.2, -0.15) is 0 Å². The topological polar surface area (TPSA) is 65.7 Å². The van der Waals surface area contributed by atoms with E-state index >= 15 is 0 Å². The summed E-state index contributed by atoms with van der Waals surface area (Å²) in [5.41, 5.74) is 3.52. The first-order chi connectivity index (χ1) is 13.5. The molecule has 0 saturated carbocycles. The molecule has 0 spiro atoms. The lowest BCUT2D eigenvalue weighted by atomic mass is 10.0. The van der Waals surface area contributed by atoms with Gasteiger partial charge in [0.2, 0.25) is 0 Å². The summed E-state index contributed by atoms with van der Waals surface area (Å²) in [7, 11) is 1.83. The summed E-state index contributed by atoms with van der Waals surface area (Å²) in [5.74, 6) is 1.78. The van der Waals surface area contributed by atoms with Crippen LogP contribution in [-0.4, -0.2) is 48.7 Å². The van der Waals surface area contributed by atoms with Crippen molar-refractivity contribution in [2.24, 2.45) is 4.99 Å². The predicted molar refractivity (Wildman–Crippen MR) is 132 cm³/mol. The summed E-state index contributed by atoms with van der Waals surface area (Å²) in [6.45, 7) is 7.98. The van der Waals surface area contributed by atoms with E-state index in [-0.39, 0.29) is 24.0 Å². The van der Waals surface area contributed by atoms with E-state index in [1.165, 1.54) is 11.1 Å². The molecule has 1 aromatic heterocycles. The third-order valence-corrected chi connectivity index (χ3v) is 5.85. The first-order valence-corrected chi connectivity index (χ1v) is 10.7. The van der Waals surface area contributed by atoms with Crippen molar-refractivity contribution >= 4 is 45.9 Å². The first kappa shape index (κ1) is 24.1. The second-order valence-corrected chi connectivity index (χ2v) is 8.29. The van der Waals surface area contributed by atoms with E-state index in [2.05, 4.69) is 65.9 Å². The van der Waals surface area contributed by atoms with Gasteiger partial charge in [-0.15, -0.1) is 24.0 Å². The van der Waals surface area contributed by atoms with Crippen LogP contribution in [-0.2, 0) is 13.0 Å². The van der Waals surface area contributed by atoms with E-state index in [9.17, 15) is 0 Å². The maximum Gasteiger partial charge on any atom is 0.191 e. The lowest BCUT2D eigenvalue weighted by Crippen LogP contribution is -2.48. The molecule has 1 aliphatic heterocycles. The zero-order chi connectivity index (χ0) is 19.9. The second kappa shape index (κ2) is 11.9. The van der Waals surface area contributed by atoms with E-state index in [0.29, 0.717) is 6.04 Å². The summed E-state index contributed by atoms with van der Waals surface area (Å²) in [6.07, 6.45) is 3.13. The lowest BCUT2D eigenvalue weighted by Gasteiger charge is -2.33. The van der Waals surface area contributed by atoms with Crippen LogP contribution in [0.25, 0.3) is 0 Å². The monoisotopic (exact) mass is 575 g/mol. The number of aliphatic imine (C=N–C) groups is 1. The number of nitrogens with one attached hydrogen (secondary N) is 2. The van der Waals surface area contributed by atoms with Gasteiger partial charge in [0.1, 0.15) is 5.76 Å². The molecule has 2 heterocycles. The number of guanidine groups is 1.